The molecule has 0 saturated carbocycles. The highest BCUT2D eigenvalue weighted by molar-refractivity contribution is 5.92. The van der Waals surface area contributed by atoms with Crippen LogP contribution in [0, 0.1) is 11.8 Å². The molecule has 2 heterocycles. The number of aromatic nitrogens is 1. The third kappa shape index (κ3) is 4.55. The summed E-state index contributed by atoms with van der Waals surface area (Å²) in [6.45, 7) is 3.31. The predicted molar refractivity (Wildman–Crippen MR) is 78.7 cm³/mol. The van der Waals surface area contributed by atoms with E-state index in [2.05, 4.69) is 22.1 Å². The second-order valence-electron chi connectivity index (χ2n) is 5.38. The van der Waals surface area contributed by atoms with Crippen molar-refractivity contribution in [3.8, 4) is 11.8 Å². The highest BCUT2D eigenvalue weighted by atomic mass is 16.5. The molecule has 1 aliphatic heterocycles. The van der Waals surface area contributed by atoms with E-state index in [0.717, 1.165) is 25.0 Å². The number of aliphatic hydroxyl groups is 1. The topological polar surface area (TPSA) is 71.5 Å². The van der Waals surface area contributed by atoms with Gasteiger partial charge in [-0.25, -0.2) is 4.98 Å². The van der Waals surface area contributed by atoms with E-state index in [0.29, 0.717) is 18.7 Å². The van der Waals surface area contributed by atoms with Gasteiger partial charge >= 0.3 is 0 Å². The summed E-state index contributed by atoms with van der Waals surface area (Å²) in [5.74, 6) is 5.49. The standard InChI is InChI=1S/C16H20N2O3/c1-16(8-4-10-21-12-16)18-15(20)14-7-6-13(11-17-14)5-2-3-9-19/h6-7,11,19H,3-4,8-10,12H2,1H3,(H,18,20). The summed E-state index contributed by atoms with van der Waals surface area (Å²) in [7, 11) is 0. The monoisotopic (exact) mass is 288 g/mol. The average molecular weight is 288 g/mol. The Kier molecular flexibility index (Phi) is 5.32. The van der Waals surface area contributed by atoms with Gasteiger partial charge in [0.15, 0.2) is 0 Å². The Morgan fingerprint density at radius 2 is 2.43 bits per heavy atom. The summed E-state index contributed by atoms with van der Waals surface area (Å²) in [4.78, 5) is 16.3. The van der Waals surface area contributed by atoms with Gasteiger partial charge in [0.05, 0.1) is 18.8 Å². The molecule has 1 fully saturated rings. The fraction of sp³-hybridized carbons (Fsp3) is 0.500. The largest absolute Gasteiger partial charge is 0.395 e. The Bertz CT molecular complexity index is 537. The summed E-state index contributed by atoms with van der Waals surface area (Å²) >= 11 is 0. The van der Waals surface area contributed by atoms with Crippen LogP contribution in [0.4, 0.5) is 0 Å². The molecule has 1 aromatic heterocycles. The van der Waals surface area contributed by atoms with Gasteiger partial charge in [-0.3, -0.25) is 4.79 Å². The number of carbonyl (C=O) groups excluding carboxylic acids is 1. The molecule has 21 heavy (non-hydrogen) atoms. The van der Waals surface area contributed by atoms with Crippen molar-refractivity contribution in [1.82, 2.24) is 10.3 Å². The smallest absolute Gasteiger partial charge is 0.270 e. The zero-order chi connectivity index (χ0) is 15.1. The third-order valence-electron chi connectivity index (χ3n) is 3.32. The maximum absolute atomic E-state index is 12.2. The fourth-order valence-corrected chi connectivity index (χ4v) is 2.19. The van der Waals surface area contributed by atoms with E-state index >= 15 is 0 Å². The molecule has 1 atom stereocenters. The Morgan fingerprint density at radius 1 is 1.57 bits per heavy atom. The second kappa shape index (κ2) is 7.21. The highest BCUT2D eigenvalue weighted by Crippen LogP contribution is 2.18. The third-order valence-corrected chi connectivity index (χ3v) is 3.32. The fourth-order valence-electron chi connectivity index (χ4n) is 2.19. The molecule has 0 spiro atoms. The molecule has 112 valence electrons. The molecule has 2 N–H and O–H groups in total. The van der Waals surface area contributed by atoms with E-state index in [9.17, 15) is 4.79 Å². The van der Waals surface area contributed by atoms with Gasteiger partial charge in [0.2, 0.25) is 0 Å². The summed E-state index contributed by atoms with van der Waals surface area (Å²) < 4.78 is 5.42. The second-order valence-corrected chi connectivity index (χ2v) is 5.38. The molecule has 5 heteroatoms. The molecular weight excluding hydrogens is 268 g/mol. The first-order valence-corrected chi connectivity index (χ1v) is 7.09. The van der Waals surface area contributed by atoms with E-state index in [1.54, 1.807) is 18.3 Å². The molecule has 0 radical (unpaired) electrons. The van der Waals surface area contributed by atoms with Crippen molar-refractivity contribution in [3.63, 3.8) is 0 Å². The number of hydrogen-bond acceptors (Lipinski definition) is 4. The van der Waals surface area contributed by atoms with Crippen molar-refractivity contribution in [2.45, 2.75) is 31.7 Å². The van der Waals surface area contributed by atoms with Crippen LogP contribution in [0.25, 0.3) is 0 Å². The average Bonchev–Trinajstić information content (AvgIpc) is 2.48. The van der Waals surface area contributed by atoms with Crippen molar-refractivity contribution >= 4 is 5.91 Å². The number of pyridine rings is 1. The van der Waals surface area contributed by atoms with Crippen LogP contribution in [0.1, 0.15) is 42.2 Å². The number of ether oxygens (including phenoxy) is 1. The number of aliphatic hydroxyl groups excluding tert-OH is 1. The SMILES string of the molecule is CC1(NC(=O)c2ccc(C#CCCO)cn2)CCCOC1. The van der Waals surface area contributed by atoms with Gasteiger partial charge in [0, 0.05) is 24.8 Å². The van der Waals surface area contributed by atoms with Crippen LogP contribution >= 0.6 is 0 Å². The van der Waals surface area contributed by atoms with Gasteiger partial charge < -0.3 is 15.2 Å². The zero-order valence-electron chi connectivity index (χ0n) is 12.2. The quantitative estimate of drug-likeness (QED) is 0.818. The Labute approximate surface area is 124 Å². The molecule has 0 bridgehead atoms. The molecular formula is C16H20N2O3. The molecule has 5 nitrogen and oxygen atoms in total. The van der Waals surface area contributed by atoms with Crippen LogP contribution in [0.5, 0.6) is 0 Å². The van der Waals surface area contributed by atoms with E-state index in [4.69, 9.17) is 9.84 Å². The van der Waals surface area contributed by atoms with Gasteiger partial charge in [-0.2, -0.15) is 0 Å². The van der Waals surface area contributed by atoms with Gasteiger partial charge in [-0.15, -0.1) is 0 Å². The van der Waals surface area contributed by atoms with Gasteiger partial charge in [-0.05, 0) is 31.9 Å². The molecule has 1 aliphatic rings. The lowest BCUT2D eigenvalue weighted by Gasteiger charge is -2.34. The molecule has 1 amide bonds. The number of nitrogens with zero attached hydrogens (tertiary/aromatic N) is 1. The first-order valence-electron chi connectivity index (χ1n) is 7.09. The van der Waals surface area contributed by atoms with Crippen LogP contribution in [0.3, 0.4) is 0 Å². The number of nitrogens with one attached hydrogen (secondary N) is 1. The first kappa shape index (κ1) is 15.5. The van der Waals surface area contributed by atoms with Gasteiger partial charge in [0.25, 0.3) is 5.91 Å². The van der Waals surface area contributed by atoms with E-state index in [1.807, 2.05) is 6.92 Å². The van der Waals surface area contributed by atoms with E-state index in [1.165, 1.54) is 0 Å². The maximum Gasteiger partial charge on any atom is 0.270 e. The van der Waals surface area contributed by atoms with Crippen LogP contribution < -0.4 is 5.32 Å². The summed E-state index contributed by atoms with van der Waals surface area (Å²) in [6, 6.07) is 3.41. The van der Waals surface area contributed by atoms with Crippen LogP contribution in [0.2, 0.25) is 0 Å². The van der Waals surface area contributed by atoms with Gasteiger partial charge in [-0.1, -0.05) is 11.8 Å². The molecule has 1 aromatic rings. The van der Waals surface area contributed by atoms with Gasteiger partial charge in [0.1, 0.15) is 5.69 Å². The van der Waals surface area contributed by atoms with Crippen LogP contribution in [-0.4, -0.2) is 41.4 Å². The van der Waals surface area contributed by atoms with Crippen molar-refractivity contribution in [2.24, 2.45) is 0 Å². The van der Waals surface area contributed by atoms with Crippen LogP contribution in [0.15, 0.2) is 18.3 Å². The normalized spacial score (nSPS) is 21.2. The minimum Gasteiger partial charge on any atom is -0.395 e. The molecule has 0 aromatic carbocycles. The summed E-state index contributed by atoms with van der Waals surface area (Å²) in [6.07, 6.45) is 3.85. The number of rotatable bonds is 3. The lowest BCUT2D eigenvalue weighted by molar-refractivity contribution is 0.0271. The van der Waals surface area contributed by atoms with E-state index < -0.39 is 0 Å². The minimum atomic E-state index is -0.323. The van der Waals surface area contributed by atoms with Crippen molar-refractivity contribution < 1.29 is 14.6 Å². The Hall–Kier alpha value is -1.90. The molecule has 1 unspecified atom stereocenters. The maximum atomic E-state index is 12.2. The number of carbonyl (C=O) groups is 1. The van der Waals surface area contributed by atoms with Crippen molar-refractivity contribution in [2.75, 3.05) is 19.8 Å². The molecule has 2 rings (SSSR count). The highest BCUT2D eigenvalue weighted by Gasteiger charge is 2.29. The lowest BCUT2D eigenvalue weighted by Crippen LogP contribution is -2.51. The van der Waals surface area contributed by atoms with E-state index in [-0.39, 0.29) is 18.1 Å². The number of amides is 1. The van der Waals surface area contributed by atoms with Crippen molar-refractivity contribution in [3.05, 3.63) is 29.6 Å². The molecule has 0 aliphatic carbocycles. The minimum absolute atomic E-state index is 0.0432. The Balaban J connectivity index is 1.98. The zero-order valence-corrected chi connectivity index (χ0v) is 12.2. The summed E-state index contributed by atoms with van der Waals surface area (Å²) in [5.41, 5.74) is 0.776. The lowest BCUT2D eigenvalue weighted by atomic mass is 9.94. The number of hydrogen-bond donors (Lipinski definition) is 2. The Morgan fingerprint density at radius 3 is 3.05 bits per heavy atom. The first-order chi connectivity index (χ1) is 10.1. The summed E-state index contributed by atoms with van der Waals surface area (Å²) in [5, 5.41) is 11.6. The van der Waals surface area contributed by atoms with Crippen LogP contribution in [-0.2, 0) is 4.74 Å². The van der Waals surface area contributed by atoms with Crippen molar-refractivity contribution in [1.29, 1.82) is 0 Å². The molecule has 1 saturated heterocycles. The predicted octanol–water partition coefficient (Wildman–Crippen LogP) is 1.11.